The summed E-state index contributed by atoms with van der Waals surface area (Å²) in [6.45, 7) is 3.56. The molecule has 3 rings (SSSR count). The molecule has 0 bridgehead atoms. The molecule has 4 heteroatoms. The van der Waals surface area contributed by atoms with Crippen LogP contribution in [-0.4, -0.2) is 19.0 Å². The van der Waals surface area contributed by atoms with Crippen molar-refractivity contribution in [2.24, 2.45) is 0 Å². The Morgan fingerprint density at radius 1 is 1.04 bits per heavy atom. The van der Waals surface area contributed by atoms with Gasteiger partial charge in [0.1, 0.15) is 17.3 Å². The molecule has 0 atom stereocenters. The van der Waals surface area contributed by atoms with E-state index >= 15 is 0 Å². The van der Waals surface area contributed by atoms with Gasteiger partial charge < -0.3 is 9.47 Å². The maximum absolute atomic E-state index is 13.2. The van der Waals surface area contributed by atoms with Crippen molar-refractivity contribution in [1.29, 1.82) is 0 Å². The van der Waals surface area contributed by atoms with Crippen LogP contribution >= 0.6 is 11.8 Å². The van der Waals surface area contributed by atoms with Crippen LogP contribution in [0.3, 0.4) is 0 Å². The van der Waals surface area contributed by atoms with Crippen LogP contribution in [0.1, 0.15) is 30.9 Å². The molecular formula is C20H21FO2S. The second-order valence-corrected chi connectivity index (χ2v) is 6.69. The first-order chi connectivity index (χ1) is 11.8. The van der Waals surface area contributed by atoms with E-state index < -0.39 is 0 Å². The molecule has 2 nitrogen and oxygen atoms in total. The minimum Gasteiger partial charge on any atom is -0.494 e. The number of benzene rings is 2. The van der Waals surface area contributed by atoms with Gasteiger partial charge in [0, 0.05) is 11.3 Å². The van der Waals surface area contributed by atoms with Gasteiger partial charge in [0.2, 0.25) is 0 Å². The zero-order chi connectivity index (χ0) is 16.8. The lowest BCUT2D eigenvalue weighted by molar-refractivity contribution is 0.301. The molecule has 126 valence electrons. The summed E-state index contributed by atoms with van der Waals surface area (Å²) < 4.78 is 24.8. The van der Waals surface area contributed by atoms with Crippen LogP contribution < -0.4 is 4.74 Å². The molecule has 2 aromatic carbocycles. The second-order valence-electron chi connectivity index (χ2n) is 5.59. The standard InChI is InChI=1S/C20H21FO2S/c1-2-3-12-22-18-10-6-16(7-11-18)20-19(23-13-14-24-20)15-4-8-17(21)9-5-15/h4-11H,2-3,12-14H2,1H3. The summed E-state index contributed by atoms with van der Waals surface area (Å²) in [7, 11) is 0. The predicted molar refractivity (Wildman–Crippen MR) is 98.5 cm³/mol. The van der Waals surface area contributed by atoms with Crippen molar-refractivity contribution in [2.75, 3.05) is 19.0 Å². The molecule has 0 aliphatic carbocycles. The third-order valence-electron chi connectivity index (χ3n) is 3.77. The maximum Gasteiger partial charge on any atom is 0.140 e. The summed E-state index contributed by atoms with van der Waals surface area (Å²) in [5.41, 5.74) is 2.00. The molecule has 0 unspecified atom stereocenters. The quantitative estimate of drug-likeness (QED) is 0.636. The van der Waals surface area contributed by atoms with Crippen molar-refractivity contribution < 1.29 is 13.9 Å². The fourth-order valence-corrected chi connectivity index (χ4v) is 3.47. The van der Waals surface area contributed by atoms with Crippen molar-refractivity contribution in [3.63, 3.8) is 0 Å². The molecule has 1 aliphatic rings. The molecule has 0 fully saturated rings. The molecule has 0 amide bonds. The molecule has 0 aromatic heterocycles. The highest BCUT2D eigenvalue weighted by Gasteiger charge is 2.18. The van der Waals surface area contributed by atoms with E-state index in [9.17, 15) is 4.39 Å². The lowest BCUT2D eigenvalue weighted by Crippen LogP contribution is -2.06. The van der Waals surface area contributed by atoms with Gasteiger partial charge in [-0.15, -0.1) is 11.8 Å². The minimum absolute atomic E-state index is 0.238. The van der Waals surface area contributed by atoms with Crippen molar-refractivity contribution in [3.05, 3.63) is 65.5 Å². The van der Waals surface area contributed by atoms with Crippen LogP contribution in [0, 0.1) is 5.82 Å². The zero-order valence-electron chi connectivity index (χ0n) is 13.8. The van der Waals surface area contributed by atoms with Gasteiger partial charge >= 0.3 is 0 Å². The van der Waals surface area contributed by atoms with E-state index in [1.807, 2.05) is 12.1 Å². The Labute approximate surface area is 146 Å². The average molecular weight is 344 g/mol. The van der Waals surface area contributed by atoms with Gasteiger partial charge in [0.15, 0.2) is 0 Å². The molecule has 0 saturated carbocycles. The summed E-state index contributed by atoms with van der Waals surface area (Å²) in [5.74, 6) is 2.39. The topological polar surface area (TPSA) is 18.5 Å². The first kappa shape index (κ1) is 16.9. The van der Waals surface area contributed by atoms with E-state index in [0.29, 0.717) is 6.61 Å². The van der Waals surface area contributed by atoms with Gasteiger partial charge in [0.05, 0.1) is 18.1 Å². The van der Waals surface area contributed by atoms with E-state index in [-0.39, 0.29) is 5.82 Å². The van der Waals surface area contributed by atoms with E-state index in [1.165, 1.54) is 12.1 Å². The molecule has 1 heterocycles. The van der Waals surface area contributed by atoms with Crippen molar-refractivity contribution >= 4 is 22.4 Å². The average Bonchev–Trinajstić information content (AvgIpc) is 2.63. The summed E-state index contributed by atoms with van der Waals surface area (Å²) >= 11 is 1.77. The largest absolute Gasteiger partial charge is 0.494 e. The van der Waals surface area contributed by atoms with E-state index in [2.05, 4.69) is 19.1 Å². The molecule has 0 saturated heterocycles. The van der Waals surface area contributed by atoms with Crippen LogP contribution in [0.25, 0.3) is 10.7 Å². The highest BCUT2D eigenvalue weighted by atomic mass is 32.2. The van der Waals surface area contributed by atoms with Crippen LogP contribution in [0.15, 0.2) is 48.5 Å². The fourth-order valence-electron chi connectivity index (χ4n) is 2.49. The predicted octanol–water partition coefficient (Wildman–Crippen LogP) is 5.59. The van der Waals surface area contributed by atoms with Gasteiger partial charge in [-0.2, -0.15) is 0 Å². The third-order valence-corrected chi connectivity index (χ3v) is 4.85. The first-order valence-corrected chi connectivity index (χ1v) is 9.25. The van der Waals surface area contributed by atoms with Crippen LogP contribution in [0.2, 0.25) is 0 Å². The molecule has 0 radical (unpaired) electrons. The van der Waals surface area contributed by atoms with E-state index in [1.54, 1.807) is 23.9 Å². The summed E-state index contributed by atoms with van der Waals surface area (Å²) in [4.78, 5) is 1.09. The van der Waals surface area contributed by atoms with E-state index in [4.69, 9.17) is 9.47 Å². The Morgan fingerprint density at radius 3 is 2.46 bits per heavy atom. The second kappa shape index (κ2) is 8.25. The highest BCUT2D eigenvalue weighted by molar-refractivity contribution is 8.08. The van der Waals surface area contributed by atoms with Crippen molar-refractivity contribution in [2.45, 2.75) is 19.8 Å². The number of halogens is 1. The normalized spacial score (nSPS) is 14.4. The molecule has 24 heavy (non-hydrogen) atoms. The molecule has 1 aliphatic heterocycles. The van der Waals surface area contributed by atoms with Crippen molar-refractivity contribution in [3.8, 4) is 5.75 Å². The Kier molecular flexibility index (Phi) is 5.81. The van der Waals surface area contributed by atoms with Crippen molar-refractivity contribution in [1.82, 2.24) is 0 Å². The Balaban J connectivity index is 1.85. The minimum atomic E-state index is -0.238. The lowest BCUT2D eigenvalue weighted by atomic mass is 10.1. The molecular weight excluding hydrogens is 323 g/mol. The summed E-state index contributed by atoms with van der Waals surface area (Å²) in [5, 5.41) is 0. The number of hydrogen-bond acceptors (Lipinski definition) is 3. The Morgan fingerprint density at radius 2 is 1.75 bits per heavy atom. The van der Waals surface area contributed by atoms with Gasteiger partial charge in [-0.25, -0.2) is 4.39 Å². The number of hydrogen-bond donors (Lipinski definition) is 0. The Bertz CT molecular complexity index is 693. The van der Waals surface area contributed by atoms with Crippen LogP contribution in [0.4, 0.5) is 4.39 Å². The Hall–Kier alpha value is -1.94. The number of ether oxygens (including phenoxy) is 2. The highest BCUT2D eigenvalue weighted by Crippen LogP contribution is 2.39. The summed E-state index contributed by atoms with van der Waals surface area (Å²) in [6, 6.07) is 14.6. The van der Waals surface area contributed by atoms with Crippen LogP contribution in [0.5, 0.6) is 5.75 Å². The SMILES string of the molecule is CCCCOc1ccc(C2=C(c3ccc(F)cc3)OCCS2)cc1. The molecule has 0 spiro atoms. The third kappa shape index (κ3) is 4.12. The monoisotopic (exact) mass is 344 g/mol. The van der Waals surface area contributed by atoms with Gasteiger partial charge in [-0.1, -0.05) is 25.5 Å². The number of unbranched alkanes of at least 4 members (excludes halogenated alkanes) is 1. The van der Waals surface area contributed by atoms with Gasteiger partial charge in [-0.3, -0.25) is 0 Å². The van der Waals surface area contributed by atoms with E-state index in [0.717, 1.165) is 52.7 Å². The fraction of sp³-hybridized carbons (Fsp3) is 0.300. The van der Waals surface area contributed by atoms with Gasteiger partial charge in [0.25, 0.3) is 0 Å². The molecule has 2 aromatic rings. The summed E-state index contributed by atoms with van der Waals surface area (Å²) in [6.07, 6.45) is 2.19. The number of rotatable bonds is 6. The lowest BCUT2D eigenvalue weighted by Gasteiger charge is -2.21. The maximum atomic E-state index is 13.2. The smallest absolute Gasteiger partial charge is 0.140 e. The zero-order valence-corrected chi connectivity index (χ0v) is 14.6. The molecule has 0 N–H and O–H groups in total. The van der Waals surface area contributed by atoms with Crippen LogP contribution in [-0.2, 0) is 4.74 Å². The number of thioether (sulfide) groups is 1. The first-order valence-electron chi connectivity index (χ1n) is 8.27. The van der Waals surface area contributed by atoms with Gasteiger partial charge in [-0.05, 0) is 48.4 Å².